The molecular weight excluding hydrogens is 246 g/mol. The quantitative estimate of drug-likeness (QED) is 0.379. The lowest BCUT2D eigenvalue weighted by atomic mass is 10.3. The van der Waals surface area contributed by atoms with E-state index in [0.29, 0.717) is 6.54 Å². The summed E-state index contributed by atoms with van der Waals surface area (Å²) in [5, 5.41) is 2.72. The molecule has 0 aromatic rings. The number of unbranched alkanes of at least 4 members (excludes halogenated alkanes) is 1. The Balaban J connectivity index is 3.84. The number of hydrogen-bond donors (Lipinski definition) is 1. The Hall–Kier alpha value is -2.09. The van der Waals surface area contributed by atoms with E-state index >= 15 is 0 Å². The summed E-state index contributed by atoms with van der Waals surface area (Å²) in [5.74, 6) is -0.109. The molecule has 0 spiro atoms. The van der Waals surface area contributed by atoms with Gasteiger partial charge in [0.25, 0.3) is 0 Å². The average molecular weight is 271 g/mol. The Kier molecular flexibility index (Phi) is 11.9. The fourth-order valence-corrected chi connectivity index (χ4v) is 1.17. The SMILES string of the molecule is C=C(C)CNC(=O)C=CC=CC=CC=CC=CCCC. The molecule has 0 aliphatic heterocycles. The number of amides is 1. The summed E-state index contributed by atoms with van der Waals surface area (Å²) in [6, 6.07) is 0. The fraction of sp³-hybridized carbons (Fsp3) is 0.278. The first-order chi connectivity index (χ1) is 9.66. The van der Waals surface area contributed by atoms with Crippen LogP contribution in [0.4, 0.5) is 0 Å². The molecule has 2 nitrogen and oxygen atoms in total. The fourth-order valence-electron chi connectivity index (χ4n) is 1.17. The van der Waals surface area contributed by atoms with Gasteiger partial charge in [0.05, 0.1) is 0 Å². The van der Waals surface area contributed by atoms with Gasteiger partial charge < -0.3 is 5.32 Å². The van der Waals surface area contributed by atoms with Crippen LogP contribution in [0.15, 0.2) is 72.9 Å². The Morgan fingerprint density at radius 1 is 1.00 bits per heavy atom. The number of nitrogens with one attached hydrogen (secondary N) is 1. The van der Waals surface area contributed by atoms with Gasteiger partial charge in [0.15, 0.2) is 0 Å². The van der Waals surface area contributed by atoms with E-state index in [1.165, 1.54) is 12.5 Å². The van der Waals surface area contributed by atoms with Gasteiger partial charge in [-0.1, -0.05) is 80.2 Å². The van der Waals surface area contributed by atoms with Gasteiger partial charge >= 0.3 is 0 Å². The summed E-state index contributed by atoms with van der Waals surface area (Å²) in [5.41, 5.74) is 0.935. The maximum Gasteiger partial charge on any atom is 0.244 e. The van der Waals surface area contributed by atoms with Crippen molar-refractivity contribution < 1.29 is 4.79 Å². The maximum atomic E-state index is 11.3. The van der Waals surface area contributed by atoms with Gasteiger partial charge in [-0.15, -0.1) is 0 Å². The van der Waals surface area contributed by atoms with E-state index < -0.39 is 0 Å². The van der Waals surface area contributed by atoms with E-state index in [1.54, 1.807) is 6.08 Å². The molecule has 0 rings (SSSR count). The number of rotatable bonds is 9. The summed E-state index contributed by atoms with van der Waals surface area (Å²) in [6.07, 6.45) is 21.2. The van der Waals surface area contributed by atoms with Crippen LogP contribution in [-0.4, -0.2) is 12.5 Å². The molecule has 1 N–H and O–H groups in total. The Morgan fingerprint density at radius 2 is 1.55 bits per heavy atom. The van der Waals surface area contributed by atoms with Crippen molar-refractivity contribution in [3.63, 3.8) is 0 Å². The van der Waals surface area contributed by atoms with E-state index in [4.69, 9.17) is 0 Å². The van der Waals surface area contributed by atoms with E-state index in [0.717, 1.165) is 12.0 Å². The average Bonchev–Trinajstić information content (AvgIpc) is 2.42. The van der Waals surface area contributed by atoms with Gasteiger partial charge in [-0.2, -0.15) is 0 Å². The Bertz CT molecular complexity index is 423. The van der Waals surface area contributed by atoms with Crippen molar-refractivity contribution in [1.82, 2.24) is 5.32 Å². The predicted octanol–water partition coefficient (Wildman–Crippen LogP) is 4.26. The lowest BCUT2D eigenvalue weighted by molar-refractivity contribution is -0.116. The summed E-state index contributed by atoms with van der Waals surface area (Å²) in [4.78, 5) is 11.3. The van der Waals surface area contributed by atoms with Crippen LogP contribution in [0, 0.1) is 0 Å². The molecule has 0 aromatic heterocycles. The molecule has 0 atom stereocenters. The van der Waals surface area contributed by atoms with Crippen molar-refractivity contribution in [1.29, 1.82) is 0 Å². The third kappa shape index (κ3) is 14.0. The molecule has 0 aromatic carbocycles. The second-order valence-electron chi connectivity index (χ2n) is 4.41. The van der Waals surface area contributed by atoms with Crippen LogP contribution in [0.5, 0.6) is 0 Å². The van der Waals surface area contributed by atoms with Gasteiger partial charge in [-0.25, -0.2) is 0 Å². The van der Waals surface area contributed by atoms with Crippen LogP contribution in [0.25, 0.3) is 0 Å². The summed E-state index contributed by atoms with van der Waals surface area (Å²) < 4.78 is 0. The Morgan fingerprint density at radius 3 is 2.10 bits per heavy atom. The first-order valence-corrected chi connectivity index (χ1v) is 6.92. The van der Waals surface area contributed by atoms with Gasteiger partial charge in [-0.05, 0) is 13.3 Å². The molecule has 20 heavy (non-hydrogen) atoms. The van der Waals surface area contributed by atoms with Crippen molar-refractivity contribution >= 4 is 5.91 Å². The minimum absolute atomic E-state index is 0.109. The third-order valence-corrected chi connectivity index (χ3v) is 2.18. The standard InChI is InChI=1S/C18H25NO/c1-4-5-6-7-8-9-10-11-12-13-14-15-18(20)19-16-17(2)3/h6-15H,2,4-5,16H2,1,3H3,(H,19,20). The number of hydrogen-bond acceptors (Lipinski definition) is 1. The van der Waals surface area contributed by atoms with Crippen LogP contribution in [0.2, 0.25) is 0 Å². The first-order valence-electron chi connectivity index (χ1n) is 6.92. The molecule has 2 heteroatoms. The summed E-state index contributed by atoms with van der Waals surface area (Å²) in [6.45, 7) is 8.27. The molecule has 0 bridgehead atoms. The van der Waals surface area contributed by atoms with Crippen LogP contribution in [0.3, 0.4) is 0 Å². The largest absolute Gasteiger partial charge is 0.349 e. The topological polar surface area (TPSA) is 29.1 Å². The summed E-state index contributed by atoms with van der Waals surface area (Å²) in [7, 11) is 0. The first kappa shape index (κ1) is 17.9. The number of allylic oxidation sites excluding steroid dienone is 9. The van der Waals surface area contributed by atoms with E-state index in [1.807, 2.05) is 49.5 Å². The van der Waals surface area contributed by atoms with Crippen LogP contribution in [0.1, 0.15) is 26.7 Å². The van der Waals surface area contributed by atoms with E-state index in [-0.39, 0.29) is 5.91 Å². The lowest BCUT2D eigenvalue weighted by Crippen LogP contribution is -2.22. The molecule has 0 fully saturated rings. The van der Waals surface area contributed by atoms with Gasteiger partial charge in [-0.3, -0.25) is 4.79 Å². The van der Waals surface area contributed by atoms with Gasteiger partial charge in [0.2, 0.25) is 5.91 Å². The zero-order valence-electron chi connectivity index (χ0n) is 12.5. The highest BCUT2D eigenvalue weighted by Gasteiger charge is 1.91. The van der Waals surface area contributed by atoms with Crippen molar-refractivity contribution in [3.8, 4) is 0 Å². The van der Waals surface area contributed by atoms with Crippen molar-refractivity contribution in [2.45, 2.75) is 26.7 Å². The number of carbonyl (C=O) groups is 1. The zero-order chi connectivity index (χ0) is 15.1. The second kappa shape index (κ2) is 13.3. The molecular formula is C18H25NO. The summed E-state index contributed by atoms with van der Waals surface area (Å²) >= 11 is 0. The van der Waals surface area contributed by atoms with E-state index in [2.05, 4.69) is 24.9 Å². The lowest BCUT2D eigenvalue weighted by Gasteiger charge is -1.98. The third-order valence-electron chi connectivity index (χ3n) is 2.18. The molecule has 0 aliphatic carbocycles. The minimum Gasteiger partial charge on any atom is -0.349 e. The molecule has 0 aliphatic rings. The Labute approximate surface area is 123 Å². The molecule has 1 amide bonds. The molecule has 0 saturated carbocycles. The molecule has 0 unspecified atom stereocenters. The predicted molar refractivity (Wildman–Crippen MR) is 88.4 cm³/mol. The molecule has 108 valence electrons. The normalized spacial score (nSPS) is 12.5. The molecule has 0 saturated heterocycles. The van der Waals surface area contributed by atoms with Crippen LogP contribution >= 0.6 is 0 Å². The van der Waals surface area contributed by atoms with Crippen molar-refractivity contribution in [2.24, 2.45) is 0 Å². The van der Waals surface area contributed by atoms with Crippen molar-refractivity contribution in [2.75, 3.05) is 6.54 Å². The monoisotopic (exact) mass is 271 g/mol. The van der Waals surface area contributed by atoms with Gasteiger partial charge in [0, 0.05) is 12.6 Å². The highest BCUT2D eigenvalue weighted by atomic mass is 16.1. The maximum absolute atomic E-state index is 11.3. The second-order valence-corrected chi connectivity index (χ2v) is 4.41. The molecule has 0 radical (unpaired) electrons. The highest BCUT2D eigenvalue weighted by Crippen LogP contribution is 1.89. The van der Waals surface area contributed by atoms with E-state index in [9.17, 15) is 4.79 Å². The number of carbonyl (C=O) groups excluding carboxylic acids is 1. The van der Waals surface area contributed by atoms with Crippen LogP contribution < -0.4 is 5.32 Å². The van der Waals surface area contributed by atoms with Gasteiger partial charge in [0.1, 0.15) is 0 Å². The zero-order valence-corrected chi connectivity index (χ0v) is 12.5. The van der Waals surface area contributed by atoms with Crippen molar-refractivity contribution in [3.05, 3.63) is 72.9 Å². The minimum atomic E-state index is -0.109. The molecule has 0 heterocycles. The van der Waals surface area contributed by atoms with Crippen LogP contribution in [-0.2, 0) is 4.79 Å². The highest BCUT2D eigenvalue weighted by molar-refractivity contribution is 5.87. The smallest absolute Gasteiger partial charge is 0.244 e.